The molecule has 0 saturated heterocycles. The van der Waals surface area contributed by atoms with Crippen LogP contribution in [0.15, 0.2) is 4.52 Å². The van der Waals surface area contributed by atoms with Crippen LogP contribution in [0.3, 0.4) is 0 Å². The minimum absolute atomic E-state index is 0.698. The van der Waals surface area contributed by atoms with E-state index in [2.05, 4.69) is 17.1 Å². The van der Waals surface area contributed by atoms with Crippen LogP contribution in [0.4, 0.5) is 0 Å². The second kappa shape index (κ2) is 3.90. The zero-order valence-corrected chi connectivity index (χ0v) is 7.96. The smallest absolute Gasteiger partial charge is 0.232 e. The van der Waals surface area contributed by atoms with Gasteiger partial charge in [-0.15, -0.1) is 0 Å². The Morgan fingerprint density at radius 1 is 1.60 bits per heavy atom. The Kier molecular flexibility index (Phi) is 3.11. The SMILES string of the molecule is CCCCc1nc(I)no1. The summed E-state index contributed by atoms with van der Waals surface area (Å²) in [7, 11) is 0. The number of aryl methyl sites for hydroxylation is 1. The van der Waals surface area contributed by atoms with Crippen LogP contribution in [0.25, 0.3) is 0 Å². The predicted octanol–water partition coefficient (Wildman–Crippen LogP) is 2.02. The summed E-state index contributed by atoms with van der Waals surface area (Å²) >= 11 is 2.04. The van der Waals surface area contributed by atoms with Gasteiger partial charge in [-0.25, -0.2) is 0 Å². The average molecular weight is 252 g/mol. The molecule has 4 heteroatoms. The average Bonchev–Trinajstić information content (AvgIpc) is 2.31. The first-order valence-electron chi connectivity index (χ1n) is 3.31. The summed E-state index contributed by atoms with van der Waals surface area (Å²) in [6, 6.07) is 0. The van der Waals surface area contributed by atoms with Gasteiger partial charge in [0.1, 0.15) is 0 Å². The highest BCUT2D eigenvalue weighted by Crippen LogP contribution is 2.03. The Balaban J connectivity index is 2.42. The molecule has 0 atom stereocenters. The van der Waals surface area contributed by atoms with E-state index in [0.29, 0.717) is 3.83 Å². The van der Waals surface area contributed by atoms with E-state index < -0.39 is 0 Å². The van der Waals surface area contributed by atoms with E-state index in [4.69, 9.17) is 4.52 Å². The molecule has 1 aromatic heterocycles. The molecule has 0 aliphatic rings. The highest BCUT2D eigenvalue weighted by atomic mass is 127. The molecule has 0 amide bonds. The van der Waals surface area contributed by atoms with Gasteiger partial charge in [0.2, 0.25) is 9.72 Å². The quantitative estimate of drug-likeness (QED) is 0.772. The molecule has 0 fully saturated rings. The van der Waals surface area contributed by atoms with Gasteiger partial charge in [0.15, 0.2) is 0 Å². The summed E-state index contributed by atoms with van der Waals surface area (Å²) in [5, 5.41) is 3.67. The second-order valence-corrected chi connectivity index (χ2v) is 3.03. The molecule has 0 bridgehead atoms. The summed E-state index contributed by atoms with van der Waals surface area (Å²) < 4.78 is 5.60. The summed E-state index contributed by atoms with van der Waals surface area (Å²) in [6.07, 6.45) is 3.20. The van der Waals surface area contributed by atoms with Gasteiger partial charge in [-0.3, -0.25) is 0 Å². The Morgan fingerprint density at radius 3 is 2.90 bits per heavy atom. The lowest BCUT2D eigenvalue weighted by atomic mass is 10.2. The van der Waals surface area contributed by atoms with Crippen molar-refractivity contribution in [3.8, 4) is 0 Å². The van der Waals surface area contributed by atoms with Crippen LogP contribution in [0.1, 0.15) is 25.7 Å². The van der Waals surface area contributed by atoms with Gasteiger partial charge in [0.05, 0.1) is 0 Å². The number of hydrogen-bond donors (Lipinski definition) is 0. The zero-order chi connectivity index (χ0) is 7.40. The maximum absolute atomic E-state index is 4.90. The van der Waals surface area contributed by atoms with E-state index in [1.54, 1.807) is 0 Å². The largest absolute Gasteiger partial charge is 0.339 e. The molecule has 0 saturated carbocycles. The van der Waals surface area contributed by atoms with Crippen molar-refractivity contribution in [1.29, 1.82) is 0 Å². The molecule has 1 heterocycles. The summed E-state index contributed by atoms with van der Waals surface area (Å²) in [4.78, 5) is 4.06. The fourth-order valence-electron chi connectivity index (χ4n) is 0.664. The van der Waals surface area contributed by atoms with Gasteiger partial charge in [-0.05, 0) is 6.42 Å². The summed E-state index contributed by atoms with van der Waals surface area (Å²) in [6.45, 7) is 2.14. The molecule has 1 rings (SSSR count). The number of halogens is 1. The molecule has 1 aromatic rings. The fourth-order valence-corrected chi connectivity index (χ4v) is 1.03. The lowest BCUT2D eigenvalue weighted by Crippen LogP contribution is -1.83. The maximum Gasteiger partial charge on any atom is 0.232 e. The minimum atomic E-state index is 0.698. The molecular weight excluding hydrogens is 243 g/mol. The van der Waals surface area contributed by atoms with Crippen LogP contribution in [0.2, 0.25) is 0 Å². The van der Waals surface area contributed by atoms with Gasteiger partial charge in [-0.1, -0.05) is 18.5 Å². The topological polar surface area (TPSA) is 38.9 Å². The van der Waals surface area contributed by atoms with E-state index in [-0.39, 0.29) is 0 Å². The highest BCUT2D eigenvalue weighted by Gasteiger charge is 2.00. The fraction of sp³-hybridized carbons (Fsp3) is 0.667. The van der Waals surface area contributed by atoms with Crippen LogP contribution in [0.5, 0.6) is 0 Å². The van der Waals surface area contributed by atoms with Crippen molar-refractivity contribution < 1.29 is 4.52 Å². The van der Waals surface area contributed by atoms with Gasteiger partial charge >= 0.3 is 0 Å². The Bertz CT molecular complexity index is 199. The maximum atomic E-state index is 4.90. The molecule has 56 valence electrons. The Hall–Kier alpha value is -0.130. The van der Waals surface area contributed by atoms with Crippen LogP contribution in [-0.2, 0) is 6.42 Å². The number of unbranched alkanes of at least 4 members (excludes halogenated alkanes) is 1. The van der Waals surface area contributed by atoms with Crippen molar-refractivity contribution in [2.75, 3.05) is 0 Å². The standard InChI is InChI=1S/C6H9IN2O/c1-2-3-4-5-8-6(7)9-10-5/h2-4H2,1H3. The first kappa shape index (κ1) is 7.97. The normalized spacial score (nSPS) is 10.2. The van der Waals surface area contributed by atoms with Crippen LogP contribution >= 0.6 is 22.6 Å². The third-order valence-electron chi connectivity index (χ3n) is 1.19. The van der Waals surface area contributed by atoms with Crippen molar-refractivity contribution in [3.63, 3.8) is 0 Å². The van der Waals surface area contributed by atoms with E-state index in [1.165, 1.54) is 6.42 Å². The molecule has 0 aromatic carbocycles. The van der Waals surface area contributed by atoms with Gasteiger partial charge in [0.25, 0.3) is 0 Å². The molecule has 0 aliphatic heterocycles. The van der Waals surface area contributed by atoms with Gasteiger partial charge in [-0.2, -0.15) is 4.98 Å². The molecular formula is C6H9IN2O. The number of aromatic nitrogens is 2. The van der Waals surface area contributed by atoms with E-state index in [1.807, 2.05) is 22.6 Å². The van der Waals surface area contributed by atoms with E-state index in [0.717, 1.165) is 18.7 Å². The third-order valence-corrected chi connectivity index (χ3v) is 1.63. The Morgan fingerprint density at radius 2 is 2.40 bits per heavy atom. The number of rotatable bonds is 3. The highest BCUT2D eigenvalue weighted by molar-refractivity contribution is 14.1. The number of nitrogens with zero attached hydrogens (tertiary/aromatic N) is 2. The van der Waals surface area contributed by atoms with E-state index >= 15 is 0 Å². The van der Waals surface area contributed by atoms with E-state index in [9.17, 15) is 0 Å². The molecule has 0 radical (unpaired) electrons. The third kappa shape index (κ3) is 2.24. The first-order chi connectivity index (χ1) is 4.83. The first-order valence-corrected chi connectivity index (χ1v) is 4.39. The van der Waals surface area contributed by atoms with Crippen molar-refractivity contribution >= 4 is 22.6 Å². The van der Waals surface area contributed by atoms with Crippen molar-refractivity contribution in [2.45, 2.75) is 26.2 Å². The number of hydrogen-bond acceptors (Lipinski definition) is 3. The monoisotopic (exact) mass is 252 g/mol. The summed E-state index contributed by atoms with van der Waals surface area (Å²) in [5.74, 6) is 0.756. The molecule has 0 aliphatic carbocycles. The second-order valence-electron chi connectivity index (χ2n) is 2.06. The minimum Gasteiger partial charge on any atom is -0.339 e. The van der Waals surface area contributed by atoms with Crippen LogP contribution in [-0.4, -0.2) is 10.1 Å². The lowest BCUT2D eigenvalue weighted by molar-refractivity contribution is 0.371. The van der Waals surface area contributed by atoms with Gasteiger partial charge < -0.3 is 4.52 Å². The van der Waals surface area contributed by atoms with Crippen molar-refractivity contribution in [3.05, 3.63) is 9.72 Å². The molecule has 0 N–H and O–H groups in total. The molecule has 10 heavy (non-hydrogen) atoms. The summed E-state index contributed by atoms with van der Waals surface area (Å²) in [5.41, 5.74) is 0. The van der Waals surface area contributed by atoms with Gasteiger partial charge in [0, 0.05) is 29.0 Å². The van der Waals surface area contributed by atoms with Crippen LogP contribution in [0, 0.1) is 3.83 Å². The van der Waals surface area contributed by atoms with Crippen molar-refractivity contribution in [2.24, 2.45) is 0 Å². The zero-order valence-electron chi connectivity index (χ0n) is 5.80. The molecule has 3 nitrogen and oxygen atoms in total. The predicted molar refractivity (Wildman–Crippen MR) is 45.6 cm³/mol. The van der Waals surface area contributed by atoms with Crippen LogP contribution < -0.4 is 0 Å². The lowest BCUT2D eigenvalue weighted by Gasteiger charge is -1.86. The Labute approximate surface area is 73.3 Å². The molecule has 0 spiro atoms. The van der Waals surface area contributed by atoms with Crippen molar-refractivity contribution in [1.82, 2.24) is 10.1 Å². The molecule has 0 unspecified atom stereocenters.